The van der Waals surface area contributed by atoms with Crippen LogP contribution < -0.4 is 5.56 Å². The van der Waals surface area contributed by atoms with E-state index in [9.17, 15) is 9.59 Å². The number of carbonyl (C=O) groups excluding carboxylic acids is 1. The van der Waals surface area contributed by atoms with E-state index in [0.717, 1.165) is 10.0 Å². The fourth-order valence-electron chi connectivity index (χ4n) is 2.17. The van der Waals surface area contributed by atoms with Crippen LogP contribution in [0, 0.1) is 0 Å². The van der Waals surface area contributed by atoms with Crippen LogP contribution >= 0.6 is 15.9 Å². The van der Waals surface area contributed by atoms with Crippen LogP contribution in [0.1, 0.15) is 11.3 Å². The Morgan fingerprint density at radius 2 is 1.96 bits per heavy atom. The first-order valence-corrected chi connectivity index (χ1v) is 7.78. The summed E-state index contributed by atoms with van der Waals surface area (Å²) in [5.41, 5.74) is 1.60. The highest BCUT2D eigenvalue weighted by atomic mass is 79.9. The van der Waals surface area contributed by atoms with E-state index in [0.29, 0.717) is 11.3 Å². The van der Waals surface area contributed by atoms with Crippen molar-refractivity contribution in [2.24, 2.45) is 0 Å². The molecule has 0 saturated carbocycles. The maximum atomic E-state index is 12.0. The van der Waals surface area contributed by atoms with Crippen LogP contribution in [0.2, 0.25) is 0 Å². The summed E-state index contributed by atoms with van der Waals surface area (Å²) in [5, 5.41) is 0. The van der Waals surface area contributed by atoms with Crippen LogP contribution in [0.25, 0.3) is 5.65 Å². The van der Waals surface area contributed by atoms with Crippen molar-refractivity contribution in [3.63, 3.8) is 0 Å². The van der Waals surface area contributed by atoms with E-state index in [2.05, 4.69) is 20.9 Å². The van der Waals surface area contributed by atoms with Gasteiger partial charge in [-0.05, 0) is 33.6 Å². The standard InChI is InChI=1S/C17H13BrN2O3/c18-13-6-7-15-19-14(9-16(21)20(15)10-13)11-23-17(22)8-12-4-2-1-3-5-12/h1-7,9-10H,8,11H2. The number of rotatable bonds is 4. The third kappa shape index (κ3) is 3.84. The summed E-state index contributed by atoms with van der Waals surface area (Å²) in [6, 6.07) is 14.2. The van der Waals surface area contributed by atoms with Crippen molar-refractivity contribution in [2.75, 3.05) is 0 Å². The Hall–Kier alpha value is -2.47. The van der Waals surface area contributed by atoms with Gasteiger partial charge in [-0.3, -0.25) is 14.0 Å². The van der Waals surface area contributed by atoms with E-state index in [4.69, 9.17) is 4.74 Å². The van der Waals surface area contributed by atoms with Crippen molar-refractivity contribution < 1.29 is 9.53 Å². The summed E-state index contributed by atoms with van der Waals surface area (Å²) in [7, 11) is 0. The molecule has 0 saturated heterocycles. The second kappa shape index (κ2) is 6.75. The Morgan fingerprint density at radius 1 is 1.17 bits per heavy atom. The summed E-state index contributed by atoms with van der Waals surface area (Å²) < 4.78 is 7.42. The molecule has 0 N–H and O–H groups in total. The maximum Gasteiger partial charge on any atom is 0.310 e. The van der Waals surface area contributed by atoms with Crippen molar-refractivity contribution >= 4 is 27.5 Å². The van der Waals surface area contributed by atoms with Gasteiger partial charge in [0.25, 0.3) is 5.56 Å². The fraction of sp³-hybridized carbons (Fsp3) is 0.118. The Kier molecular flexibility index (Phi) is 4.52. The van der Waals surface area contributed by atoms with E-state index in [1.165, 1.54) is 10.5 Å². The monoisotopic (exact) mass is 372 g/mol. The van der Waals surface area contributed by atoms with Crippen molar-refractivity contribution in [3.8, 4) is 0 Å². The Balaban J connectivity index is 1.71. The molecular formula is C17H13BrN2O3. The maximum absolute atomic E-state index is 12.0. The minimum absolute atomic E-state index is 0.0204. The molecule has 116 valence electrons. The molecule has 0 aliphatic carbocycles. The number of hydrogen-bond acceptors (Lipinski definition) is 4. The Labute approximate surface area is 140 Å². The van der Waals surface area contributed by atoms with Crippen molar-refractivity contribution in [3.05, 3.63) is 80.8 Å². The normalized spacial score (nSPS) is 10.7. The van der Waals surface area contributed by atoms with E-state index < -0.39 is 0 Å². The number of halogens is 1. The highest BCUT2D eigenvalue weighted by Crippen LogP contribution is 2.10. The first-order chi connectivity index (χ1) is 11.1. The lowest BCUT2D eigenvalue weighted by atomic mass is 10.2. The van der Waals surface area contributed by atoms with Gasteiger partial charge >= 0.3 is 5.97 Å². The van der Waals surface area contributed by atoms with Gasteiger partial charge in [0.2, 0.25) is 0 Å². The Bertz CT molecular complexity index is 907. The van der Waals surface area contributed by atoms with Crippen molar-refractivity contribution in [2.45, 2.75) is 13.0 Å². The minimum Gasteiger partial charge on any atom is -0.459 e. The third-order valence-electron chi connectivity index (χ3n) is 3.25. The first-order valence-electron chi connectivity index (χ1n) is 6.99. The molecule has 6 heteroatoms. The number of esters is 1. The summed E-state index contributed by atoms with van der Waals surface area (Å²) in [6.45, 7) is -0.0204. The summed E-state index contributed by atoms with van der Waals surface area (Å²) in [4.78, 5) is 28.2. The van der Waals surface area contributed by atoms with Crippen LogP contribution in [0.5, 0.6) is 0 Å². The highest BCUT2D eigenvalue weighted by Gasteiger charge is 2.08. The molecule has 0 spiro atoms. The Morgan fingerprint density at radius 3 is 2.74 bits per heavy atom. The molecule has 0 amide bonds. The zero-order chi connectivity index (χ0) is 16.2. The van der Waals surface area contributed by atoms with Crippen LogP contribution in [-0.4, -0.2) is 15.4 Å². The summed E-state index contributed by atoms with van der Waals surface area (Å²) in [5.74, 6) is -0.353. The smallest absolute Gasteiger partial charge is 0.310 e. The first kappa shape index (κ1) is 15.4. The molecule has 3 aromatic rings. The van der Waals surface area contributed by atoms with Gasteiger partial charge in [-0.15, -0.1) is 0 Å². The van der Waals surface area contributed by atoms with Crippen LogP contribution in [0.15, 0.2) is 64.0 Å². The van der Waals surface area contributed by atoms with Crippen LogP contribution in [-0.2, 0) is 22.6 Å². The predicted octanol–water partition coefficient (Wildman–Crippen LogP) is 2.74. The van der Waals surface area contributed by atoms with Crippen molar-refractivity contribution in [1.82, 2.24) is 9.38 Å². The predicted molar refractivity (Wildman–Crippen MR) is 89.1 cm³/mol. The van der Waals surface area contributed by atoms with Gasteiger partial charge < -0.3 is 4.74 Å². The third-order valence-corrected chi connectivity index (χ3v) is 3.72. The molecule has 0 radical (unpaired) electrons. The molecule has 23 heavy (non-hydrogen) atoms. The number of hydrogen-bond donors (Lipinski definition) is 0. The van der Waals surface area contributed by atoms with Crippen molar-refractivity contribution in [1.29, 1.82) is 0 Å². The quantitative estimate of drug-likeness (QED) is 0.660. The number of aromatic nitrogens is 2. The molecule has 0 bridgehead atoms. The largest absolute Gasteiger partial charge is 0.459 e. The van der Waals surface area contributed by atoms with Gasteiger partial charge in [0, 0.05) is 16.7 Å². The molecule has 2 heterocycles. The molecular weight excluding hydrogens is 360 g/mol. The molecule has 2 aromatic heterocycles. The number of fused-ring (bicyclic) bond motifs is 1. The minimum atomic E-state index is -0.353. The SMILES string of the molecule is O=C(Cc1ccccc1)OCc1cc(=O)n2cc(Br)ccc2n1. The lowest BCUT2D eigenvalue weighted by Gasteiger charge is -2.06. The van der Waals surface area contributed by atoms with Gasteiger partial charge in [0.15, 0.2) is 0 Å². The fourth-order valence-corrected chi connectivity index (χ4v) is 2.50. The average molecular weight is 373 g/mol. The van der Waals surface area contributed by atoms with E-state index in [1.807, 2.05) is 30.3 Å². The zero-order valence-electron chi connectivity index (χ0n) is 12.1. The highest BCUT2D eigenvalue weighted by molar-refractivity contribution is 9.10. The molecule has 0 atom stereocenters. The van der Waals surface area contributed by atoms with Gasteiger partial charge in [-0.25, -0.2) is 4.98 Å². The molecule has 0 aliphatic rings. The van der Waals surface area contributed by atoms with Crippen LogP contribution in [0.3, 0.4) is 0 Å². The average Bonchev–Trinajstić information content (AvgIpc) is 2.55. The van der Waals surface area contributed by atoms with Gasteiger partial charge in [-0.1, -0.05) is 30.3 Å². The van der Waals surface area contributed by atoms with E-state index in [-0.39, 0.29) is 24.6 Å². The summed E-state index contributed by atoms with van der Waals surface area (Å²) >= 11 is 3.31. The number of pyridine rings is 1. The molecule has 5 nitrogen and oxygen atoms in total. The number of nitrogens with zero attached hydrogens (tertiary/aromatic N) is 2. The lowest BCUT2D eigenvalue weighted by Crippen LogP contribution is -2.17. The van der Waals surface area contributed by atoms with Gasteiger partial charge in [0.05, 0.1) is 12.1 Å². The number of ether oxygens (including phenoxy) is 1. The molecule has 3 rings (SSSR count). The van der Waals surface area contributed by atoms with Crippen LogP contribution in [0.4, 0.5) is 0 Å². The zero-order valence-corrected chi connectivity index (χ0v) is 13.7. The van der Waals surface area contributed by atoms with E-state index >= 15 is 0 Å². The van der Waals surface area contributed by atoms with Gasteiger partial charge in [0.1, 0.15) is 12.3 Å². The topological polar surface area (TPSA) is 60.7 Å². The second-order valence-corrected chi connectivity index (χ2v) is 5.90. The second-order valence-electron chi connectivity index (χ2n) is 4.98. The van der Waals surface area contributed by atoms with E-state index in [1.54, 1.807) is 18.3 Å². The molecule has 0 aliphatic heterocycles. The molecule has 0 fully saturated rings. The molecule has 0 unspecified atom stereocenters. The molecule has 1 aromatic carbocycles. The number of benzene rings is 1. The summed E-state index contributed by atoms with van der Waals surface area (Å²) in [6.07, 6.45) is 1.84. The number of carbonyl (C=O) groups is 1. The van der Waals surface area contributed by atoms with Gasteiger partial charge in [-0.2, -0.15) is 0 Å². The lowest BCUT2D eigenvalue weighted by molar-refractivity contribution is -0.144.